The van der Waals surface area contributed by atoms with Crippen molar-refractivity contribution in [3.05, 3.63) is 46.7 Å². The second-order valence-electron chi connectivity index (χ2n) is 5.32. The fourth-order valence-corrected chi connectivity index (χ4v) is 2.92. The van der Waals surface area contributed by atoms with Crippen molar-refractivity contribution in [3.63, 3.8) is 0 Å². The van der Waals surface area contributed by atoms with E-state index in [9.17, 15) is 0 Å². The van der Waals surface area contributed by atoms with Crippen LogP contribution in [0.25, 0.3) is 0 Å². The lowest BCUT2D eigenvalue weighted by molar-refractivity contribution is 0.462. The van der Waals surface area contributed by atoms with Gasteiger partial charge in [-0.25, -0.2) is 0 Å². The van der Waals surface area contributed by atoms with Gasteiger partial charge in [-0.1, -0.05) is 43.7 Å². The number of halogens is 1. The largest absolute Gasteiger partial charge is 0.380 e. The van der Waals surface area contributed by atoms with Crippen LogP contribution in [0, 0.1) is 11.8 Å². The molecule has 2 nitrogen and oxygen atoms in total. The summed E-state index contributed by atoms with van der Waals surface area (Å²) in [7, 11) is 0. The summed E-state index contributed by atoms with van der Waals surface area (Å²) in [6.45, 7) is 4.40. The zero-order chi connectivity index (χ0) is 12.7. The number of dihydropyridines is 2. The molecule has 1 aliphatic carbocycles. The van der Waals surface area contributed by atoms with Gasteiger partial charge in [0.15, 0.2) is 0 Å². The lowest BCUT2D eigenvalue weighted by Crippen LogP contribution is -2.42. The first-order valence-corrected chi connectivity index (χ1v) is 6.81. The van der Waals surface area contributed by atoms with E-state index >= 15 is 0 Å². The van der Waals surface area contributed by atoms with Crippen molar-refractivity contribution >= 4 is 17.8 Å². The molecular formula is C15H17ClN2. The van der Waals surface area contributed by atoms with Crippen LogP contribution >= 0.6 is 11.6 Å². The van der Waals surface area contributed by atoms with Crippen LogP contribution in [0.3, 0.4) is 0 Å². The molecule has 2 unspecified atom stereocenters. The van der Waals surface area contributed by atoms with E-state index < -0.39 is 0 Å². The first-order valence-electron chi connectivity index (χ1n) is 6.43. The Morgan fingerprint density at radius 3 is 2.94 bits per heavy atom. The van der Waals surface area contributed by atoms with Crippen molar-refractivity contribution in [2.75, 3.05) is 0 Å². The lowest BCUT2D eigenvalue weighted by atomic mass is 9.84. The Balaban J connectivity index is 1.99. The molecule has 2 heterocycles. The molecule has 3 rings (SSSR count). The van der Waals surface area contributed by atoms with E-state index in [4.69, 9.17) is 11.6 Å². The molecule has 94 valence electrons. The van der Waals surface area contributed by atoms with E-state index in [1.807, 2.05) is 12.3 Å². The minimum atomic E-state index is 0.165. The third kappa shape index (κ3) is 1.85. The van der Waals surface area contributed by atoms with Crippen LogP contribution in [0.15, 0.2) is 51.7 Å². The van der Waals surface area contributed by atoms with E-state index in [0.717, 1.165) is 10.6 Å². The maximum atomic E-state index is 6.40. The summed E-state index contributed by atoms with van der Waals surface area (Å²) < 4.78 is 0. The number of rotatable bonds is 1. The van der Waals surface area contributed by atoms with Crippen molar-refractivity contribution in [2.45, 2.75) is 25.9 Å². The van der Waals surface area contributed by atoms with Gasteiger partial charge in [0.2, 0.25) is 0 Å². The Kier molecular flexibility index (Phi) is 2.90. The standard InChI is InChI=1S/C15H17ClN2/c1-9(2)13-8-12(16)11-6-5-10-4-3-7-17-14(10)15(11)18-13/h3-10,13-14,18H,1-2H3/t10-,13?,14?/m1/s1. The number of nitrogens with zero attached hydrogens (tertiary/aromatic N) is 1. The van der Waals surface area contributed by atoms with Gasteiger partial charge < -0.3 is 5.32 Å². The Morgan fingerprint density at radius 2 is 2.17 bits per heavy atom. The van der Waals surface area contributed by atoms with Gasteiger partial charge >= 0.3 is 0 Å². The third-order valence-corrected chi connectivity index (χ3v) is 4.05. The number of fused-ring (bicyclic) bond motifs is 2. The van der Waals surface area contributed by atoms with Gasteiger partial charge in [0.05, 0.1) is 6.04 Å². The van der Waals surface area contributed by atoms with Gasteiger partial charge in [-0.15, -0.1) is 0 Å². The molecule has 0 spiro atoms. The number of hydrogen-bond acceptors (Lipinski definition) is 2. The molecule has 0 aromatic heterocycles. The molecule has 2 aliphatic heterocycles. The average molecular weight is 261 g/mol. The predicted octanol–water partition coefficient (Wildman–Crippen LogP) is 3.19. The van der Waals surface area contributed by atoms with E-state index in [-0.39, 0.29) is 6.04 Å². The quantitative estimate of drug-likeness (QED) is 0.769. The summed E-state index contributed by atoms with van der Waals surface area (Å²) in [5, 5.41) is 4.45. The van der Waals surface area contributed by atoms with Gasteiger partial charge in [-0.2, -0.15) is 0 Å². The van der Waals surface area contributed by atoms with Crippen LogP contribution in [-0.2, 0) is 0 Å². The van der Waals surface area contributed by atoms with Crippen molar-refractivity contribution in [1.82, 2.24) is 5.32 Å². The smallest absolute Gasteiger partial charge is 0.0997 e. The Morgan fingerprint density at radius 1 is 1.33 bits per heavy atom. The maximum Gasteiger partial charge on any atom is 0.0997 e. The van der Waals surface area contributed by atoms with E-state index in [1.54, 1.807) is 0 Å². The Labute approximate surface area is 113 Å². The summed E-state index contributed by atoms with van der Waals surface area (Å²) >= 11 is 6.40. The van der Waals surface area contributed by atoms with Crippen LogP contribution in [0.5, 0.6) is 0 Å². The highest BCUT2D eigenvalue weighted by Gasteiger charge is 2.32. The molecule has 3 atom stereocenters. The summed E-state index contributed by atoms with van der Waals surface area (Å²) in [6, 6.07) is 0.461. The van der Waals surface area contributed by atoms with Crippen LogP contribution in [0.2, 0.25) is 0 Å². The number of nitrogens with one attached hydrogen (secondary N) is 1. The number of allylic oxidation sites excluding steroid dienone is 4. The van der Waals surface area contributed by atoms with Gasteiger partial charge in [-0.3, -0.25) is 4.99 Å². The average Bonchev–Trinajstić information content (AvgIpc) is 2.38. The minimum Gasteiger partial charge on any atom is -0.380 e. The Hall–Kier alpha value is -1.28. The molecule has 3 aliphatic rings. The zero-order valence-corrected chi connectivity index (χ0v) is 11.4. The van der Waals surface area contributed by atoms with Crippen LogP contribution in [-0.4, -0.2) is 18.3 Å². The van der Waals surface area contributed by atoms with Crippen LogP contribution in [0.1, 0.15) is 13.8 Å². The van der Waals surface area contributed by atoms with E-state index in [2.05, 4.69) is 48.5 Å². The highest BCUT2D eigenvalue weighted by Crippen LogP contribution is 2.36. The highest BCUT2D eigenvalue weighted by atomic mass is 35.5. The van der Waals surface area contributed by atoms with E-state index in [1.165, 1.54) is 5.70 Å². The summed E-state index contributed by atoms with van der Waals surface area (Å²) in [5.41, 5.74) is 2.27. The maximum absolute atomic E-state index is 6.40. The lowest BCUT2D eigenvalue weighted by Gasteiger charge is -2.36. The third-order valence-electron chi connectivity index (χ3n) is 3.73. The first kappa shape index (κ1) is 11.8. The first-order chi connectivity index (χ1) is 8.66. The van der Waals surface area contributed by atoms with Crippen LogP contribution in [0.4, 0.5) is 0 Å². The van der Waals surface area contributed by atoms with Crippen LogP contribution < -0.4 is 5.32 Å². The Bertz CT molecular complexity index is 509. The molecule has 0 fully saturated rings. The van der Waals surface area contributed by atoms with E-state index in [0.29, 0.717) is 17.9 Å². The topological polar surface area (TPSA) is 24.4 Å². The molecule has 0 radical (unpaired) electrons. The minimum absolute atomic E-state index is 0.165. The normalized spacial score (nSPS) is 33.1. The van der Waals surface area contributed by atoms with Crippen molar-refractivity contribution < 1.29 is 0 Å². The summed E-state index contributed by atoms with van der Waals surface area (Å²) in [5.74, 6) is 0.872. The second kappa shape index (κ2) is 4.43. The zero-order valence-electron chi connectivity index (χ0n) is 10.6. The molecule has 18 heavy (non-hydrogen) atoms. The van der Waals surface area contributed by atoms with Gasteiger partial charge in [0.1, 0.15) is 0 Å². The molecule has 0 saturated heterocycles. The molecule has 3 heteroatoms. The molecule has 0 aromatic rings. The molecule has 1 N–H and O–H groups in total. The predicted molar refractivity (Wildman–Crippen MR) is 76.8 cm³/mol. The highest BCUT2D eigenvalue weighted by molar-refractivity contribution is 6.32. The number of aliphatic imine (C=N–C) groups is 1. The fraction of sp³-hybridized carbons (Fsp3) is 0.400. The van der Waals surface area contributed by atoms with Crippen molar-refractivity contribution in [1.29, 1.82) is 0 Å². The second-order valence-corrected chi connectivity index (χ2v) is 5.73. The molecule has 0 saturated carbocycles. The van der Waals surface area contributed by atoms with Gasteiger partial charge in [0.25, 0.3) is 0 Å². The summed E-state index contributed by atoms with van der Waals surface area (Å²) in [6.07, 6.45) is 12.5. The molecular weight excluding hydrogens is 244 g/mol. The summed E-state index contributed by atoms with van der Waals surface area (Å²) in [4.78, 5) is 4.59. The molecule has 0 bridgehead atoms. The van der Waals surface area contributed by atoms with Crippen molar-refractivity contribution in [3.8, 4) is 0 Å². The van der Waals surface area contributed by atoms with Gasteiger partial charge in [-0.05, 0) is 18.1 Å². The molecule has 0 aromatic carbocycles. The SMILES string of the molecule is CC(C)C1C=C(Cl)C2=C(N1)C1N=CC=C[C@@H]1C=C2. The van der Waals surface area contributed by atoms with Crippen molar-refractivity contribution in [2.24, 2.45) is 16.8 Å². The fourth-order valence-electron chi connectivity index (χ4n) is 2.62. The monoisotopic (exact) mass is 260 g/mol. The molecule has 0 amide bonds. The number of hydrogen-bond donors (Lipinski definition) is 1. The van der Waals surface area contributed by atoms with Gasteiger partial charge in [0, 0.05) is 34.5 Å².